The van der Waals surface area contributed by atoms with Gasteiger partial charge in [0, 0.05) is 147 Å². The first kappa shape index (κ1) is 88.0. The number of morpholine rings is 1. The Morgan fingerprint density at radius 1 is 0.444 bits per heavy atom. The van der Waals surface area contributed by atoms with Gasteiger partial charge in [-0.15, -0.1) is 0 Å². The number of aromatic nitrogens is 6. The van der Waals surface area contributed by atoms with Crippen molar-refractivity contribution in [1.29, 1.82) is 0 Å². The summed E-state index contributed by atoms with van der Waals surface area (Å²) in [5.41, 5.74) is 14.0. The Balaban J connectivity index is 0.000000165. The highest BCUT2D eigenvalue weighted by Crippen LogP contribution is 2.34. The monoisotopic (exact) mass is 1650 g/mol. The van der Waals surface area contributed by atoms with Gasteiger partial charge < -0.3 is 56.5 Å². The van der Waals surface area contributed by atoms with Crippen LogP contribution < -0.4 is 37.2 Å². The number of carbonyl (C=O) groups is 4. The minimum absolute atomic E-state index is 0.140. The first-order valence-electron chi connectivity index (χ1n) is 38.3. The Morgan fingerprint density at radius 2 is 0.863 bits per heavy atom. The molecule has 0 aliphatic carbocycles. The van der Waals surface area contributed by atoms with E-state index in [0.29, 0.717) is 89.8 Å². The van der Waals surface area contributed by atoms with Gasteiger partial charge in [0.1, 0.15) is 11.6 Å². The third-order valence-corrected chi connectivity index (χ3v) is 19.6. The molecule has 117 heavy (non-hydrogen) atoms. The number of amides is 4. The zero-order valence-electron chi connectivity index (χ0n) is 66.3. The fourth-order valence-corrected chi connectivity index (χ4v) is 12.8. The van der Waals surface area contributed by atoms with Gasteiger partial charge in [0.05, 0.1) is 79.5 Å². The quantitative estimate of drug-likeness (QED) is 0.0206. The average molecular weight is 1650 g/mol. The number of nitrogens with one attached hydrogen (secondary N) is 7. The minimum atomic E-state index is -0.250. The summed E-state index contributed by atoms with van der Waals surface area (Å²) in [4.78, 5) is 83.4. The summed E-state index contributed by atoms with van der Waals surface area (Å²) in [6.45, 7) is 12.1. The normalized spacial score (nSPS) is 11.7. The maximum Gasteiger partial charge on any atom is 0.257 e. The van der Waals surface area contributed by atoms with Crippen LogP contribution >= 0.6 is 46.4 Å². The molecule has 1 fully saturated rings. The van der Waals surface area contributed by atoms with E-state index in [1.165, 1.54) is 18.2 Å². The van der Waals surface area contributed by atoms with E-state index in [-0.39, 0.29) is 23.6 Å². The molecule has 0 unspecified atom stereocenters. The molecule has 0 bridgehead atoms. The topological polar surface area (TPSA) is 258 Å². The number of hydrogen-bond acceptors (Lipinski definition) is 18. The molecular weight excluding hydrogens is 1550 g/mol. The van der Waals surface area contributed by atoms with Gasteiger partial charge in [-0.1, -0.05) is 94.9 Å². The summed E-state index contributed by atoms with van der Waals surface area (Å²) in [7, 11) is 9.92. The van der Waals surface area contributed by atoms with Gasteiger partial charge in [0.2, 0.25) is 0 Å². The summed E-state index contributed by atoms with van der Waals surface area (Å²) in [6, 6.07) is 66.5. The Labute approximate surface area is 704 Å². The van der Waals surface area contributed by atoms with Crippen molar-refractivity contribution in [3.8, 4) is 45.0 Å². The summed E-state index contributed by atoms with van der Waals surface area (Å²) >= 11 is 25.2. The second kappa shape index (κ2) is 46.4. The summed E-state index contributed by atoms with van der Waals surface area (Å²) in [5, 5.41) is 23.8. The Kier molecular flexibility index (Phi) is 34.9. The number of ether oxygens (including phenoxy) is 2. The molecule has 7 N–H and O–H groups in total. The van der Waals surface area contributed by atoms with E-state index in [4.69, 9.17) is 55.9 Å². The van der Waals surface area contributed by atoms with Gasteiger partial charge in [-0.2, -0.15) is 0 Å². The molecule has 6 aromatic heterocycles. The number of aryl methyl sites for hydroxylation is 2. The van der Waals surface area contributed by atoms with Crippen LogP contribution in [-0.2, 0) is 22.4 Å². The highest BCUT2D eigenvalue weighted by Gasteiger charge is 2.18. The number of anilines is 6. The fourth-order valence-electron chi connectivity index (χ4n) is 12.0. The van der Waals surface area contributed by atoms with Crippen LogP contribution in [0.2, 0.25) is 20.1 Å². The predicted molar refractivity (Wildman–Crippen MR) is 475 cm³/mol. The molecule has 0 atom stereocenters. The number of hydrogen-bond donors (Lipinski definition) is 7. The Bertz CT molecular complexity index is 4980. The van der Waals surface area contributed by atoms with Crippen LogP contribution in [0.5, 0.6) is 0 Å². The van der Waals surface area contributed by atoms with E-state index in [2.05, 4.69) is 110 Å². The largest absolute Gasteiger partial charge is 0.383 e. The van der Waals surface area contributed by atoms with Crippen LogP contribution in [0.1, 0.15) is 71.1 Å². The number of unbranched alkanes of at least 4 members (excludes halogenated alkanes) is 1. The van der Waals surface area contributed by atoms with Crippen molar-refractivity contribution in [2.45, 2.75) is 32.7 Å². The number of methoxy groups -OCH3 is 1. The van der Waals surface area contributed by atoms with Gasteiger partial charge >= 0.3 is 0 Å². The first-order valence-corrected chi connectivity index (χ1v) is 39.8. The number of nitrogens with zero attached hydrogens (tertiary/aromatic N) is 9. The van der Waals surface area contributed by atoms with Crippen LogP contribution in [0.3, 0.4) is 0 Å². The van der Waals surface area contributed by atoms with Gasteiger partial charge in [-0.3, -0.25) is 44.0 Å². The zero-order chi connectivity index (χ0) is 82.7. The van der Waals surface area contributed by atoms with Crippen LogP contribution in [0, 0.1) is 6.92 Å². The highest BCUT2D eigenvalue weighted by atomic mass is 35.5. The molecule has 22 nitrogen and oxygen atoms in total. The number of rotatable bonds is 30. The molecule has 0 saturated carbocycles. The maximum absolute atomic E-state index is 12.9. The van der Waals surface area contributed by atoms with Gasteiger partial charge in [-0.05, 0) is 242 Å². The van der Waals surface area contributed by atoms with Crippen LogP contribution in [0.25, 0.3) is 45.0 Å². The van der Waals surface area contributed by atoms with Gasteiger partial charge in [-0.25, -0.2) is 9.97 Å². The van der Waals surface area contributed by atoms with Crippen molar-refractivity contribution in [2.75, 3.05) is 139 Å². The Hall–Kier alpha value is -11.4. The smallest absolute Gasteiger partial charge is 0.257 e. The second-order valence-corrected chi connectivity index (χ2v) is 29.3. The third-order valence-electron chi connectivity index (χ3n) is 18.3. The van der Waals surface area contributed by atoms with Gasteiger partial charge in [0.15, 0.2) is 0 Å². The highest BCUT2D eigenvalue weighted by molar-refractivity contribution is 6.34. The maximum atomic E-state index is 12.9. The van der Waals surface area contributed by atoms with E-state index in [1.54, 1.807) is 105 Å². The fraction of sp³-hybridized carbons (Fsp3) is 0.231. The van der Waals surface area contributed by atoms with Crippen molar-refractivity contribution >= 4 is 104 Å². The average Bonchev–Trinajstić information content (AvgIpc) is 0.845. The number of benzene rings is 6. The third kappa shape index (κ3) is 28.5. The molecular formula is C91H96Cl4N16O6. The lowest BCUT2D eigenvalue weighted by atomic mass is 10.1. The molecule has 6 aromatic carbocycles. The van der Waals surface area contributed by atoms with Crippen molar-refractivity contribution in [2.24, 2.45) is 0 Å². The molecule has 7 heterocycles. The number of pyridine rings is 6. The lowest BCUT2D eigenvalue weighted by Crippen LogP contribution is -2.39. The van der Waals surface area contributed by atoms with Crippen LogP contribution in [-0.4, -0.2) is 176 Å². The van der Waals surface area contributed by atoms with E-state index in [9.17, 15) is 19.2 Å². The van der Waals surface area contributed by atoms with E-state index in [1.807, 2.05) is 153 Å². The molecule has 1 aliphatic rings. The summed E-state index contributed by atoms with van der Waals surface area (Å²) in [5.74, 6) is 0.679. The molecule has 0 radical (unpaired) electrons. The standard InChI is InChI=1S/C24H26ClN5O2.C24H26ClN3O.C23H25ClN4O.C20H19ClN4O2/c1-17-19(6-8-23(28-17)27-10-11-30-12-14-32-15-13-30)24(31)29-18-5-7-21(25)20(16-18)22-4-2-3-9-26-22;1-28(2)16-6-4-7-18-9-11-19(12-10-18)24(29)27-20-13-14-22(25)21(17-20)23-8-3-5-15-26-23;1-28(2)14-13-25-16-17-6-8-18(9-7-17)23(29)27-19-10-11-21(24)20(15-19)22-5-3-4-12-26-22;1-27-11-10-23-19-8-5-14(13-24-19)20(26)25-15-6-7-17(21)16(12-15)18-4-2-3-9-22-18/h2-9,16H,10-15H2,1H3,(H,27,28)(H,29,31);3,5,8-15,17H,4,6-7,16H2,1-2H3,(H,27,29);3-12,15,25H,13-14,16H2,1-2H3,(H,27,29);2-9,12-13H,10-11H2,1H3,(H,23,24)(H,25,26). The number of likely N-dealkylation sites (N-methyl/N-ethyl adjacent to an activating group) is 1. The molecule has 13 rings (SSSR count). The Morgan fingerprint density at radius 3 is 1.27 bits per heavy atom. The SMILES string of the molecule is CN(C)CCCCc1ccc(C(=O)Nc2ccc(Cl)c(-c3ccccn3)c2)cc1.CN(C)CCNCc1ccc(C(=O)Nc2ccc(Cl)c(-c3ccccn3)c2)cc1.COCCNc1ccc(C(=O)Nc2ccc(Cl)c(-c3ccccn3)c2)cn1.Cc1nc(NCCN2CCOCC2)ccc1C(=O)Nc1ccc(Cl)c(-c2ccccn2)c1. The number of carbonyl (C=O) groups excluding carboxylic acids is 4. The number of halogens is 4. The zero-order valence-corrected chi connectivity index (χ0v) is 69.3. The first-order chi connectivity index (χ1) is 56.8. The van der Waals surface area contributed by atoms with Crippen LogP contribution in [0.4, 0.5) is 34.4 Å². The van der Waals surface area contributed by atoms with Crippen molar-refractivity contribution < 1.29 is 28.7 Å². The van der Waals surface area contributed by atoms with E-state index >= 15 is 0 Å². The molecule has 604 valence electrons. The second-order valence-electron chi connectivity index (χ2n) is 27.7. The van der Waals surface area contributed by atoms with Gasteiger partial charge in [0.25, 0.3) is 23.6 Å². The van der Waals surface area contributed by atoms with Crippen LogP contribution in [0.15, 0.2) is 249 Å². The molecule has 0 spiro atoms. The predicted octanol–water partition coefficient (Wildman–Crippen LogP) is 18.1. The molecule has 26 heteroatoms. The van der Waals surface area contributed by atoms with Crippen molar-refractivity contribution in [3.63, 3.8) is 0 Å². The molecule has 12 aromatic rings. The minimum Gasteiger partial charge on any atom is -0.383 e. The van der Waals surface area contributed by atoms with E-state index in [0.717, 1.165) is 135 Å². The lowest BCUT2D eigenvalue weighted by Gasteiger charge is -2.26. The lowest BCUT2D eigenvalue weighted by molar-refractivity contribution is 0.0398. The summed E-state index contributed by atoms with van der Waals surface area (Å²) < 4.78 is 10.3. The molecule has 1 saturated heterocycles. The van der Waals surface area contributed by atoms with Crippen molar-refractivity contribution in [3.05, 3.63) is 309 Å². The molecule has 4 amide bonds. The van der Waals surface area contributed by atoms with Crippen molar-refractivity contribution in [1.82, 2.24) is 49.9 Å². The summed E-state index contributed by atoms with van der Waals surface area (Å²) in [6.07, 6.45) is 11.7. The molecule has 1 aliphatic heterocycles. The van der Waals surface area contributed by atoms with E-state index < -0.39 is 0 Å².